The van der Waals surface area contributed by atoms with Crippen molar-refractivity contribution >= 4 is 16.8 Å². The summed E-state index contributed by atoms with van der Waals surface area (Å²) in [5, 5.41) is 1.30. The molecule has 0 bridgehead atoms. The highest BCUT2D eigenvalue weighted by atomic mass is 16.5. The maximum Gasteiger partial charge on any atom is 0.242 e. The van der Waals surface area contributed by atoms with Crippen LogP contribution in [-0.2, 0) is 24.2 Å². The van der Waals surface area contributed by atoms with E-state index in [1.165, 1.54) is 48.7 Å². The molecule has 0 spiro atoms. The Kier molecular flexibility index (Phi) is 5.42. The number of carbonyl (C=O) groups excluding carboxylic acids is 1. The van der Waals surface area contributed by atoms with Crippen molar-refractivity contribution in [2.24, 2.45) is 0 Å². The van der Waals surface area contributed by atoms with Crippen molar-refractivity contribution < 1.29 is 9.53 Å². The average molecular weight is 369 g/mol. The van der Waals surface area contributed by atoms with Crippen molar-refractivity contribution in [1.82, 2.24) is 9.47 Å². The second-order valence-corrected chi connectivity index (χ2v) is 8.07. The Morgan fingerprint density at radius 2 is 1.93 bits per heavy atom. The third-order valence-corrected chi connectivity index (χ3v) is 6.56. The first-order chi connectivity index (χ1) is 13.2. The summed E-state index contributed by atoms with van der Waals surface area (Å²) in [6, 6.07) is 6.77. The lowest BCUT2D eigenvalue weighted by Gasteiger charge is -2.34. The molecular formula is C23H32N2O2. The maximum atomic E-state index is 13.3. The molecule has 1 fully saturated rings. The van der Waals surface area contributed by atoms with E-state index in [0.29, 0.717) is 12.6 Å². The van der Waals surface area contributed by atoms with Gasteiger partial charge in [-0.25, -0.2) is 0 Å². The molecule has 4 nitrogen and oxygen atoms in total. The summed E-state index contributed by atoms with van der Waals surface area (Å²) >= 11 is 0. The molecule has 1 amide bonds. The Labute approximate surface area is 162 Å². The highest BCUT2D eigenvalue weighted by Gasteiger charge is 2.27. The molecule has 4 heteroatoms. The van der Waals surface area contributed by atoms with E-state index in [4.69, 9.17) is 4.74 Å². The molecule has 2 aliphatic carbocycles. The van der Waals surface area contributed by atoms with Gasteiger partial charge in [-0.05, 0) is 63.1 Å². The Morgan fingerprint density at radius 1 is 1.15 bits per heavy atom. The number of ether oxygens (including phenoxy) is 1. The number of fused-ring (bicyclic) bond motifs is 3. The Bertz CT molecular complexity index is 817. The number of aromatic nitrogens is 1. The lowest BCUT2D eigenvalue weighted by molar-refractivity contribution is -0.134. The first kappa shape index (κ1) is 18.4. The molecule has 146 valence electrons. The van der Waals surface area contributed by atoms with Gasteiger partial charge in [-0.15, -0.1) is 0 Å². The summed E-state index contributed by atoms with van der Waals surface area (Å²) in [5.41, 5.74) is 3.99. The van der Waals surface area contributed by atoms with E-state index in [2.05, 4.69) is 28.5 Å². The third kappa shape index (κ3) is 3.46. The fourth-order valence-electron chi connectivity index (χ4n) is 5.18. The van der Waals surface area contributed by atoms with Gasteiger partial charge in [-0.2, -0.15) is 0 Å². The Morgan fingerprint density at radius 3 is 2.67 bits per heavy atom. The summed E-state index contributed by atoms with van der Waals surface area (Å²) in [6.45, 7) is 3.40. The van der Waals surface area contributed by atoms with E-state index >= 15 is 0 Å². The van der Waals surface area contributed by atoms with Gasteiger partial charge in [-0.1, -0.05) is 19.3 Å². The van der Waals surface area contributed by atoms with Gasteiger partial charge in [0.05, 0.1) is 12.6 Å². The predicted molar refractivity (Wildman–Crippen MR) is 109 cm³/mol. The summed E-state index contributed by atoms with van der Waals surface area (Å²) in [4.78, 5) is 15.4. The van der Waals surface area contributed by atoms with Gasteiger partial charge in [0.25, 0.3) is 0 Å². The fraction of sp³-hybridized carbons (Fsp3) is 0.609. The van der Waals surface area contributed by atoms with E-state index in [9.17, 15) is 4.79 Å². The number of rotatable bonds is 5. The van der Waals surface area contributed by atoms with Gasteiger partial charge in [0.15, 0.2) is 0 Å². The number of methoxy groups -OCH3 is 1. The molecule has 27 heavy (non-hydrogen) atoms. The van der Waals surface area contributed by atoms with Gasteiger partial charge < -0.3 is 14.2 Å². The number of aryl methyl sites for hydroxylation is 1. The number of nitrogens with zero attached hydrogens (tertiary/aromatic N) is 2. The largest absolute Gasteiger partial charge is 0.497 e. The van der Waals surface area contributed by atoms with Crippen LogP contribution in [0.25, 0.3) is 10.9 Å². The van der Waals surface area contributed by atoms with Gasteiger partial charge in [0, 0.05) is 29.7 Å². The Hall–Kier alpha value is -1.97. The predicted octanol–water partition coefficient (Wildman–Crippen LogP) is 4.71. The van der Waals surface area contributed by atoms with Crippen LogP contribution in [0.15, 0.2) is 18.2 Å². The van der Waals surface area contributed by atoms with Crippen LogP contribution >= 0.6 is 0 Å². The molecule has 1 saturated carbocycles. The van der Waals surface area contributed by atoms with E-state index in [1.54, 1.807) is 7.11 Å². The van der Waals surface area contributed by atoms with Gasteiger partial charge in [-0.3, -0.25) is 4.79 Å². The van der Waals surface area contributed by atoms with Crippen LogP contribution in [0.2, 0.25) is 0 Å². The molecule has 2 aliphatic rings. The molecule has 4 rings (SSSR count). The smallest absolute Gasteiger partial charge is 0.242 e. The zero-order valence-corrected chi connectivity index (χ0v) is 16.8. The molecule has 0 unspecified atom stereocenters. The maximum absolute atomic E-state index is 13.3. The molecule has 1 aromatic carbocycles. The van der Waals surface area contributed by atoms with E-state index in [0.717, 1.165) is 43.5 Å². The second kappa shape index (κ2) is 7.95. The zero-order valence-electron chi connectivity index (χ0n) is 16.8. The normalized spacial score (nSPS) is 17.7. The van der Waals surface area contributed by atoms with Gasteiger partial charge in [0.2, 0.25) is 5.91 Å². The number of amides is 1. The monoisotopic (exact) mass is 368 g/mol. The minimum absolute atomic E-state index is 0.275. The highest BCUT2D eigenvalue weighted by Crippen LogP contribution is 2.34. The molecule has 2 aromatic rings. The van der Waals surface area contributed by atoms with Gasteiger partial charge >= 0.3 is 0 Å². The summed E-state index contributed by atoms with van der Waals surface area (Å²) in [6.07, 6.45) is 10.8. The number of hydrogen-bond acceptors (Lipinski definition) is 2. The zero-order chi connectivity index (χ0) is 18.8. The fourth-order valence-corrected chi connectivity index (χ4v) is 5.18. The first-order valence-electron chi connectivity index (χ1n) is 10.7. The van der Waals surface area contributed by atoms with E-state index < -0.39 is 0 Å². The number of carbonyl (C=O) groups is 1. The number of benzene rings is 1. The number of hydrogen-bond donors (Lipinski definition) is 0. The molecular weight excluding hydrogens is 336 g/mol. The van der Waals surface area contributed by atoms with Crippen LogP contribution in [0, 0.1) is 0 Å². The Balaban J connectivity index is 1.68. The third-order valence-electron chi connectivity index (χ3n) is 6.56. The van der Waals surface area contributed by atoms with E-state index in [1.807, 2.05) is 6.07 Å². The van der Waals surface area contributed by atoms with Crippen molar-refractivity contribution in [3.8, 4) is 5.75 Å². The van der Waals surface area contributed by atoms with Gasteiger partial charge in [0.1, 0.15) is 12.3 Å². The van der Waals surface area contributed by atoms with Crippen LogP contribution in [0.5, 0.6) is 5.75 Å². The molecule has 0 atom stereocenters. The molecule has 1 heterocycles. The van der Waals surface area contributed by atoms with Crippen molar-refractivity contribution in [3.05, 3.63) is 29.5 Å². The molecule has 1 aromatic heterocycles. The van der Waals surface area contributed by atoms with Crippen LogP contribution in [-0.4, -0.2) is 35.1 Å². The molecule has 0 aliphatic heterocycles. The van der Waals surface area contributed by atoms with Crippen molar-refractivity contribution in [1.29, 1.82) is 0 Å². The average Bonchev–Trinajstić information content (AvgIpc) is 3.02. The van der Waals surface area contributed by atoms with Crippen LogP contribution in [0.1, 0.15) is 63.1 Å². The van der Waals surface area contributed by atoms with Crippen LogP contribution < -0.4 is 4.74 Å². The standard InChI is InChI=1S/C23H32N2O2/c1-3-24(17-9-5-4-6-10-17)23(26)16-25-21-12-8-7-11-19(21)20-14-13-18(27-2)15-22(20)25/h13-15,17H,3-12,16H2,1-2H3. The van der Waals surface area contributed by atoms with Crippen molar-refractivity contribution in [3.63, 3.8) is 0 Å². The van der Waals surface area contributed by atoms with Crippen LogP contribution in [0.3, 0.4) is 0 Å². The van der Waals surface area contributed by atoms with Crippen LogP contribution in [0.4, 0.5) is 0 Å². The second-order valence-electron chi connectivity index (χ2n) is 8.07. The van der Waals surface area contributed by atoms with E-state index in [-0.39, 0.29) is 5.91 Å². The minimum atomic E-state index is 0.275. The summed E-state index contributed by atoms with van der Waals surface area (Å²) < 4.78 is 7.76. The molecule has 0 radical (unpaired) electrons. The van der Waals surface area contributed by atoms with Crippen molar-refractivity contribution in [2.45, 2.75) is 77.3 Å². The first-order valence-corrected chi connectivity index (χ1v) is 10.7. The topological polar surface area (TPSA) is 34.5 Å². The summed E-state index contributed by atoms with van der Waals surface area (Å²) in [5.74, 6) is 1.14. The quantitative estimate of drug-likeness (QED) is 0.766. The molecule has 0 N–H and O–H groups in total. The lowest BCUT2D eigenvalue weighted by atomic mass is 9.94. The molecule has 0 saturated heterocycles. The van der Waals surface area contributed by atoms with Crippen molar-refractivity contribution in [2.75, 3.05) is 13.7 Å². The number of likely N-dealkylation sites (N-methyl/N-ethyl adjacent to an activating group) is 1. The highest BCUT2D eigenvalue weighted by molar-refractivity contribution is 5.89. The lowest BCUT2D eigenvalue weighted by Crippen LogP contribution is -2.43. The minimum Gasteiger partial charge on any atom is -0.497 e. The summed E-state index contributed by atoms with van der Waals surface area (Å²) in [7, 11) is 1.71. The SMILES string of the molecule is CCN(C(=O)Cn1c2c(c3ccc(OC)cc31)CCCC2)C1CCCCC1.